The number of para-hydroxylation sites is 3. The van der Waals surface area contributed by atoms with Crippen molar-refractivity contribution in [2.45, 2.75) is 30.3 Å². The second-order valence-corrected chi connectivity index (χ2v) is 11.9. The Labute approximate surface area is 230 Å². The number of hydrogen-bond acceptors (Lipinski definition) is 6. The number of anilines is 1. The summed E-state index contributed by atoms with van der Waals surface area (Å²) in [5.74, 6) is 1.99. The van der Waals surface area contributed by atoms with Crippen molar-refractivity contribution in [2.75, 3.05) is 24.1 Å². The molecule has 3 aromatic carbocycles. The van der Waals surface area contributed by atoms with Gasteiger partial charge in [-0.25, -0.2) is 0 Å². The summed E-state index contributed by atoms with van der Waals surface area (Å²) >= 11 is 1.83. The van der Waals surface area contributed by atoms with Gasteiger partial charge in [-0.3, -0.25) is 19.5 Å². The minimum atomic E-state index is -1.12. The lowest BCUT2D eigenvalue weighted by Crippen LogP contribution is -2.60. The third kappa shape index (κ3) is 2.74. The van der Waals surface area contributed by atoms with Crippen LogP contribution >= 0.6 is 11.8 Å². The minimum Gasteiger partial charge on any atom is -0.496 e. The third-order valence-corrected chi connectivity index (χ3v) is 10.5. The maximum atomic E-state index is 15.3. The quantitative estimate of drug-likeness (QED) is 0.373. The lowest BCUT2D eigenvalue weighted by molar-refractivity contribution is -0.131. The first-order valence-electron chi connectivity index (χ1n) is 13.4. The van der Waals surface area contributed by atoms with Gasteiger partial charge in [-0.15, -0.1) is 11.8 Å². The number of hydrogen-bond donors (Lipinski definition) is 1. The predicted octanol–water partition coefficient (Wildman–Crippen LogP) is 5.38. The Morgan fingerprint density at radius 3 is 2.72 bits per heavy atom. The second kappa shape index (κ2) is 8.16. The van der Waals surface area contributed by atoms with Crippen LogP contribution < -0.4 is 10.1 Å². The lowest BCUT2D eigenvalue weighted by atomic mass is 9.53. The molecule has 2 saturated heterocycles. The summed E-state index contributed by atoms with van der Waals surface area (Å²) in [6, 6.07) is 25.9. The number of rotatable bonds is 2. The average Bonchev–Trinajstić information content (AvgIpc) is 3.62. The number of methoxy groups -OCH3 is 1. The molecular formula is C32H27N3O3S. The number of nitrogens with zero attached hydrogens (tertiary/aromatic N) is 2. The van der Waals surface area contributed by atoms with Crippen molar-refractivity contribution in [3.05, 3.63) is 101 Å². The van der Waals surface area contributed by atoms with Crippen LogP contribution in [-0.2, 0) is 16.8 Å². The van der Waals surface area contributed by atoms with E-state index < -0.39 is 11.0 Å². The maximum absolute atomic E-state index is 15.3. The normalized spacial score (nSPS) is 29.1. The fraction of sp³-hybridized carbons (Fsp3) is 0.281. The number of ether oxygens (including phenoxy) is 1. The van der Waals surface area contributed by atoms with Gasteiger partial charge in [0.25, 0.3) is 5.91 Å². The molecule has 1 aromatic heterocycles. The number of ketones is 1. The van der Waals surface area contributed by atoms with Crippen molar-refractivity contribution in [2.24, 2.45) is 5.41 Å². The van der Waals surface area contributed by atoms with Crippen molar-refractivity contribution in [1.29, 1.82) is 0 Å². The number of benzene rings is 3. The monoisotopic (exact) mass is 533 g/mol. The number of aromatic nitrogens is 1. The van der Waals surface area contributed by atoms with Gasteiger partial charge in [-0.2, -0.15) is 0 Å². The van der Waals surface area contributed by atoms with E-state index in [2.05, 4.69) is 16.3 Å². The van der Waals surface area contributed by atoms with Gasteiger partial charge in [0, 0.05) is 45.8 Å². The number of carbonyl (C=O) groups excluding carboxylic acids is 2. The number of pyridine rings is 1. The molecule has 1 amide bonds. The van der Waals surface area contributed by atoms with Gasteiger partial charge < -0.3 is 10.1 Å². The smallest absolute Gasteiger partial charge is 0.250 e. The van der Waals surface area contributed by atoms with E-state index in [1.807, 2.05) is 84.6 Å². The number of nitrogens with one attached hydrogen (secondary N) is 1. The average molecular weight is 534 g/mol. The summed E-state index contributed by atoms with van der Waals surface area (Å²) in [6.07, 6.45) is 1.16. The highest BCUT2D eigenvalue weighted by atomic mass is 32.2. The summed E-state index contributed by atoms with van der Waals surface area (Å²) in [7, 11) is 1.68. The van der Waals surface area contributed by atoms with Gasteiger partial charge in [0.05, 0.1) is 23.7 Å². The van der Waals surface area contributed by atoms with Crippen LogP contribution in [0.1, 0.15) is 39.5 Å². The van der Waals surface area contributed by atoms with E-state index in [1.165, 1.54) is 0 Å². The van der Waals surface area contributed by atoms with Gasteiger partial charge in [-0.1, -0.05) is 54.6 Å². The molecule has 0 unspecified atom stereocenters. The molecule has 8 rings (SSSR count). The summed E-state index contributed by atoms with van der Waals surface area (Å²) < 4.78 is 5.90. The van der Waals surface area contributed by atoms with E-state index in [-0.39, 0.29) is 23.7 Å². The number of amides is 1. The predicted molar refractivity (Wildman–Crippen MR) is 152 cm³/mol. The molecule has 2 spiro atoms. The van der Waals surface area contributed by atoms with Crippen LogP contribution in [-0.4, -0.2) is 46.4 Å². The lowest BCUT2D eigenvalue weighted by Gasteiger charge is -2.48. The van der Waals surface area contributed by atoms with E-state index in [1.54, 1.807) is 7.11 Å². The van der Waals surface area contributed by atoms with Crippen LogP contribution in [0.3, 0.4) is 0 Å². The number of aryl methyl sites for hydroxylation is 1. The summed E-state index contributed by atoms with van der Waals surface area (Å²) in [5, 5.41) is 4.14. The fourth-order valence-electron chi connectivity index (χ4n) is 8.11. The first kappa shape index (κ1) is 23.2. The van der Waals surface area contributed by atoms with Crippen LogP contribution in [0.4, 0.5) is 5.69 Å². The highest BCUT2D eigenvalue weighted by Crippen LogP contribution is 2.70. The fourth-order valence-corrected chi connectivity index (χ4v) is 9.41. The van der Waals surface area contributed by atoms with Gasteiger partial charge in [0.2, 0.25) is 0 Å². The van der Waals surface area contributed by atoms with Crippen molar-refractivity contribution >= 4 is 40.0 Å². The van der Waals surface area contributed by atoms with Gasteiger partial charge in [-0.05, 0) is 42.7 Å². The van der Waals surface area contributed by atoms with Crippen LogP contribution in [0.15, 0.2) is 78.9 Å². The number of fused-ring (bicyclic) bond motifs is 7. The molecule has 6 nitrogen and oxygen atoms in total. The number of carbonyl (C=O) groups is 2. The minimum absolute atomic E-state index is 0.00196. The molecule has 39 heavy (non-hydrogen) atoms. The SMILES string of the molecule is COc1ccccc1[C@H]1[C@@H]2CSCN2[C@@]2(C(=O)Nc3ccccc32)[C@@]12CCc1nc3ccccc3cc1C2=O. The molecule has 0 saturated carbocycles. The van der Waals surface area contributed by atoms with Gasteiger partial charge >= 0.3 is 0 Å². The van der Waals surface area contributed by atoms with E-state index in [0.29, 0.717) is 24.3 Å². The molecule has 194 valence electrons. The van der Waals surface area contributed by atoms with Crippen molar-refractivity contribution in [1.82, 2.24) is 9.88 Å². The highest BCUT2D eigenvalue weighted by Gasteiger charge is 2.78. The van der Waals surface area contributed by atoms with Crippen molar-refractivity contribution in [3.63, 3.8) is 0 Å². The summed E-state index contributed by atoms with van der Waals surface area (Å²) in [4.78, 5) is 37.1. The number of thioether (sulfide) groups is 1. The van der Waals surface area contributed by atoms with Gasteiger partial charge in [0.15, 0.2) is 5.78 Å². The first-order valence-corrected chi connectivity index (χ1v) is 14.6. The molecule has 1 N–H and O–H groups in total. The number of Topliss-reactive ketones (excluding diaryl/α,β-unsaturated/α-hetero) is 1. The molecule has 7 heteroatoms. The highest BCUT2D eigenvalue weighted by molar-refractivity contribution is 7.99. The largest absolute Gasteiger partial charge is 0.496 e. The first-order chi connectivity index (χ1) is 19.1. The van der Waals surface area contributed by atoms with Crippen LogP contribution in [0.5, 0.6) is 5.75 Å². The Bertz CT molecular complexity index is 1710. The zero-order chi connectivity index (χ0) is 26.4. The van der Waals surface area contributed by atoms with Crippen LogP contribution in [0.25, 0.3) is 10.9 Å². The molecule has 4 atom stereocenters. The second-order valence-electron chi connectivity index (χ2n) is 10.9. The molecule has 4 aliphatic rings. The third-order valence-electron chi connectivity index (χ3n) is 9.49. The molecule has 3 aliphatic heterocycles. The summed E-state index contributed by atoms with van der Waals surface area (Å²) in [6.45, 7) is 0. The topological polar surface area (TPSA) is 71.5 Å². The Morgan fingerprint density at radius 2 is 1.82 bits per heavy atom. The zero-order valence-electron chi connectivity index (χ0n) is 21.5. The molecule has 0 radical (unpaired) electrons. The standard InChI is InChI=1S/C32H27N3O3S/c1-38-27-13-7-3-9-20(27)28-26-17-39-18-35(26)32(22-10-4-6-12-25(22)34-30(32)37)31(28)15-14-24-21(29(31)36)16-19-8-2-5-11-23(19)33-24/h2-13,16,26,28H,14-15,17-18H2,1H3,(H,34,37)/t26-,28-,31-,32-/m0/s1. The molecule has 0 bridgehead atoms. The van der Waals surface area contributed by atoms with E-state index >= 15 is 4.79 Å². The molecule has 1 aliphatic carbocycles. The van der Waals surface area contributed by atoms with E-state index in [4.69, 9.17) is 9.72 Å². The van der Waals surface area contributed by atoms with Crippen molar-refractivity contribution in [3.8, 4) is 5.75 Å². The Morgan fingerprint density at radius 1 is 1.03 bits per heavy atom. The molecule has 4 heterocycles. The van der Waals surface area contributed by atoms with E-state index in [9.17, 15) is 4.79 Å². The molecule has 4 aromatic rings. The Kier molecular flexibility index (Phi) is 4.86. The Hall–Kier alpha value is -3.68. The van der Waals surface area contributed by atoms with Crippen LogP contribution in [0, 0.1) is 5.41 Å². The molecular weight excluding hydrogens is 506 g/mol. The van der Waals surface area contributed by atoms with E-state index in [0.717, 1.165) is 44.9 Å². The van der Waals surface area contributed by atoms with Gasteiger partial charge in [0.1, 0.15) is 11.3 Å². The van der Waals surface area contributed by atoms with Crippen molar-refractivity contribution < 1.29 is 14.3 Å². The Balaban J connectivity index is 1.47. The maximum Gasteiger partial charge on any atom is 0.250 e. The molecule has 2 fully saturated rings. The van der Waals surface area contributed by atoms with Crippen LogP contribution in [0.2, 0.25) is 0 Å². The zero-order valence-corrected chi connectivity index (χ0v) is 22.3. The summed E-state index contributed by atoms with van der Waals surface area (Å²) in [5.41, 5.74) is 2.92.